The fourth-order valence-electron chi connectivity index (χ4n) is 4.03. The van der Waals surface area contributed by atoms with Gasteiger partial charge in [0.1, 0.15) is 0 Å². The van der Waals surface area contributed by atoms with Crippen molar-refractivity contribution in [1.29, 1.82) is 0 Å². The number of aryl methyl sites for hydroxylation is 1. The average Bonchev–Trinajstić information content (AvgIpc) is 3.30. The van der Waals surface area contributed by atoms with Gasteiger partial charge in [0.25, 0.3) is 0 Å². The van der Waals surface area contributed by atoms with Gasteiger partial charge in [-0.25, -0.2) is 4.79 Å². The van der Waals surface area contributed by atoms with Gasteiger partial charge in [-0.3, -0.25) is 0 Å². The molecule has 2 aliphatic rings. The topological polar surface area (TPSA) is 65.0 Å². The highest BCUT2D eigenvalue weighted by molar-refractivity contribution is 5.93. The summed E-state index contributed by atoms with van der Waals surface area (Å²) in [6.07, 6.45) is 15.1. The highest BCUT2D eigenvalue weighted by atomic mass is 16.7. The fourth-order valence-corrected chi connectivity index (χ4v) is 4.03. The average molecular weight is 415 g/mol. The van der Waals surface area contributed by atoms with Crippen molar-refractivity contribution in [1.82, 2.24) is 0 Å². The minimum atomic E-state index is -0.437. The second-order valence-electron chi connectivity index (χ2n) is 8.22. The summed E-state index contributed by atoms with van der Waals surface area (Å²) in [5.41, 5.74) is 1.72. The molecule has 5 nitrogen and oxygen atoms in total. The Morgan fingerprint density at radius 1 is 0.800 bits per heavy atom. The van der Waals surface area contributed by atoms with Gasteiger partial charge in [0.2, 0.25) is 6.79 Å². The Labute approximate surface area is 179 Å². The van der Waals surface area contributed by atoms with Gasteiger partial charge in [-0.2, -0.15) is 0 Å². The molecule has 2 heterocycles. The first-order chi connectivity index (χ1) is 14.6. The third kappa shape index (κ3) is 6.54. The molecule has 3 rings (SSSR count). The maximum Gasteiger partial charge on any atom is 0.343 e. The molecular weight excluding hydrogens is 380 g/mol. The lowest BCUT2D eigenvalue weighted by atomic mass is 10.0. The largest absolute Gasteiger partial charge is 0.504 e. The number of rotatable bonds is 14. The van der Waals surface area contributed by atoms with Gasteiger partial charge in [0.05, 0.1) is 5.57 Å². The summed E-state index contributed by atoms with van der Waals surface area (Å²) < 4.78 is 15.6. The first-order valence-corrected chi connectivity index (χ1v) is 11.4. The molecule has 1 N–H and O–H groups in total. The Morgan fingerprint density at radius 2 is 1.37 bits per heavy atom. The van der Waals surface area contributed by atoms with Crippen molar-refractivity contribution in [3.05, 3.63) is 47.4 Å². The van der Waals surface area contributed by atoms with Crippen LogP contribution in [0.1, 0.15) is 82.6 Å². The number of unbranched alkanes of at least 4 members (excludes halogenated alkanes) is 10. The van der Waals surface area contributed by atoms with Crippen molar-refractivity contribution in [3.8, 4) is 11.5 Å². The number of fused-ring (bicyclic) bond motifs is 1. The lowest BCUT2D eigenvalue weighted by Crippen LogP contribution is -1.99. The summed E-state index contributed by atoms with van der Waals surface area (Å²) in [5, 5.41) is 9.72. The van der Waals surface area contributed by atoms with Crippen LogP contribution in [0.5, 0.6) is 11.5 Å². The molecule has 0 saturated heterocycles. The number of ether oxygens (including phenoxy) is 3. The van der Waals surface area contributed by atoms with Gasteiger partial charge < -0.3 is 19.3 Å². The summed E-state index contributed by atoms with van der Waals surface area (Å²) >= 11 is 0. The standard InChI is InChI=1S/C25H34O5/c1-19-24(26)21(25(27)30-19)14-12-10-8-6-4-2-3-5-7-9-11-13-20-15-16-22-23(17-20)29-18-28-22/h15-17,26H,1-14,18H2. The number of aliphatic hydroxyl groups excluding tert-OH is 1. The molecule has 1 aromatic rings. The van der Waals surface area contributed by atoms with Crippen LogP contribution in [0, 0.1) is 0 Å². The monoisotopic (exact) mass is 414 g/mol. The number of hydrogen-bond acceptors (Lipinski definition) is 5. The molecule has 2 aliphatic heterocycles. The number of esters is 1. The predicted molar refractivity (Wildman–Crippen MR) is 117 cm³/mol. The van der Waals surface area contributed by atoms with Crippen molar-refractivity contribution < 1.29 is 24.1 Å². The van der Waals surface area contributed by atoms with E-state index in [1.54, 1.807) is 0 Å². The van der Waals surface area contributed by atoms with E-state index in [0.29, 0.717) is 18.8 Å². The molecule has 0 fully saturated rings. The SMILES string of the molecule is C=C1OC(=O)C(CCCCCCCCCCCCCc2ccc3c(c2)OCO3)=C1O. The first kappa shape index (κ1) is 22.3. The molecule has 30 heavy (non-hydrogen) atoms. The molecular formula is C25H34O5. The molecule has 1 aromatic carbocycles. The molecule has 5 heteroatoms. The maximum atomic E-state index is 11.5. The van der Waals surface area contributed by atoms with Crippen LogP contribution >= 0.6 is 0 Å². The van der Waals surface area contributed by atoms with Gasteiger partial charge in [-0.1, -0.05) is 70.4 Å². The van der Waals surface area contributed by atoms with E-state index in [4.69, 9.17) is 14.2 Å². The first-order valence-electron chi connectivity index (χ1n) is 11.4. The van der Waals surface area contributed by atoms with Gasteiger partial charge in [0, 0.05) is 0 Å². The van der Waals surface area contributed by atoms with Crippen LogP contribution < -0.4 is 9.47 Å². The van der Waals surface area contributed by atoms with Crippen LogP contribution in [0.2, 0.25) is 0 Å². The number of aliphatic hydroxyl groups is 1. The van der Waals surface area contributed by atoms with Crippen molar-refractivity contribution in [2.24, 2.45) is 0 Å². The fraction of sp³-hybridized carbons (Fsp3) is 0.560. The van der Waals surface area contributed by atoms with Gasteiger partial charge in [-0.15, -0.1) is 0 Å². The zero-order chi connectivity index (χ0) is 21.2. The second kappa shape index (κ2) is 11.7. The van der Waals surface area contributed by atoms with Crippen molar-refractivity contribution in [2.45, 2.75) is 83.5 Å². The molecule has 0 saturated carbocycles. The molecule has 0 bridgehead atoms. The highest BCUT2D eigenvalue weighted by Gasteiger charge is 2.27. The molecule has 0 radical (unpaired) electrons. The minimum Gasteiger partial charge on any atom is -0.504 e. The zero-order valence-corrected chi connectivity index (χ0v) is 17.9. The van der Waals surface area contributed by atoms with E-state index < -0.39 is 5.97 Å². The summed E-state index contributed by atoms with van der Waals surface area (Å²) in [5.74, 6) is 1.34. The summed E-state index contributed by atoms with van der Waals surface area (Å²) in [4.78, 5) is 11.5. The van der Waals surface area contributed by atoms with E-state index in [9.17, 15) is 9.90 Å². The molecule has 0 unspecified atom stereocenters. The van der Waals surface area contributed by atoms with Crippen molar-refractivity contribution in [3.63, 3.8) is 0 Å². The molecule has 0 atom stereocenters. The van der Waals surface area contributed by atoms with E-state index >= 15 is 0 Å². The molecule has 0 amide bonds. The molecule has 0 spiro atoms. The second-order valence-corrected chi connectivity index (χ2v) is 8.22. The Kier molecular flexibility index (Phi) is 8.66. The third-order valence-electron chi connectivity index (χ3n) is 5.84. The molecule has 164 valence electrons. The van der Waals surface area contributed by atoms with E-state index in [1.807, 2.05) is 6.07 Å². The minimum absolute atomic E-state index is 0.0594. The maximum absolute atomic E-state index is 11.5. The number of cyclic esters (lactones) is 1. The zero-order valence-electron chi connectivity index (χ0n) is 17.9. The number of benzene rings is 1. The van der Waals surface area contributed by atoms with Gasteiger partial charge >= 0.3 is 5.97 Å². The lowest BCUT2D eigenvalue weighted by molar-refractivity contribution is -0.133. The number of carbonyl (C=O) groups excluding carboxylic acids is 1. The summed E-state index contributed by atoms with van der Waals surface area (Å²) in [6, 6.07) is 6.26. The van der Waals surface area contributed by atoms with Crippen LogP contribution in [0.3, 0.4) is 0 Å². The number of hydrogen-bond donors (Lipinski definition) is 1. The van der Waals surface area contributed by atoms with Crippen molar-refractivity contribution >= 4 is 5.97 Å². The van der Waals surface area contributed by atoms with Crippen LogP contribution in [-0.2, 0) is 16.0 Å². The smallest absolute Gasteiger partial charge is 0.343 e. The highest BCUT2D eigenvalue weighted by Crippen LogP contribution is 2.33. The quantitative estimate of drug-likeness (QED) is 0.277. The lowest BCUT2D eigenvalue weighted by Gasteiger charge is -2.04. The van der Waals surface area contributed by atoms with Crippen LogP contribution in [0.25, 0.3) is 0 Å². The Bertz CT molecular complexity index is 765. The Hall–Kier alpha value is -2.43. The molecule has 0 aromatic heterocycles. The normalized spacial score (nSPS) is 15.2. The van der Waals surface area contributed by atoms with Crippen LogP contribution in [-0.4, -0.2) is 17.9 Å². The van der Waals surface area contributed by atoms with E-state index in [2.05, 4.69) is 18.7 Å². The Balaban J connectivity index is 1.11. The van der Waals surface area contributed by atoms with Crippen LogP contribution in [0.15, 0.2) is 41.9 Å². The van der Waals surface area contributed by atoms with Crippen molar-refractivity contribution in [2.75, 3.05) is 6.79 Å². The summed E-state index contributed by atoms with van der Waals surface area (Å²) in [7, 11) is 0. The predicted octanol–water partition coefficient (Wildman–Crippen LogP) is 6.52. The molecule has 0 aliphatic carbocycles. The third-order valence-corrected chi connectivity index (χ3v) is 5.84. The van der Waals surface area contributed by atoms with Gasteiger partial charge in [0.15, 0.2) is 23.0 Å². The number of carbonyl (C=O) groups is 1. The summed E-state index contributed by atoms with van der Waals surface area (Å²) in [6.45, 7) is 3.85. The van der Waals surface area contributed by atoms with Gasteiger partial charge in [-0.05, 0) is 43.4 Å². The Morgan fingerprint density at radius 3 is 1.97 bits per heavy atom. The van der Waals surface area contributed by atoms with Crippen LogP contribution in [0.4, 0.5) is 0 Å². The van der Waals surface area contributed by atoms with E-state index in [-0.39, 0.29) is 11.5 Å². The van der Waals surface area contributed by atoms with E-state index in [0.717, 1.165) is 30.8 Å². The van der Waals surface area contributed by atoms with E-state index in [1.165, 1.54) is 63.4 Å².